The molecule has 2 N–H and O–H groups in total. The van der Waals surface area contributed by atoms with Crippen molar-refractivity contribution in [2.45, 2.75) is 70.3 Å². The van der Waals surface area contributed by atoms with Crippen molar-refractivity contribution in [3.63, 3.8) is 0 Å². The topological polar surface area (TPSA) is 118 Å². The molecule has 2 aliphatic heterocycles. The van der Waals surface area contributed by atoms with Gasteiger partial charge in [-0.2, -0.15) is 5.10 Å². The number of sulfonamides is 1. The van der Waals surface area contributed by atoms with Gasteiger partial charge in [0.1, 0.15) is 0 Å². The monoisotopic (exact) mass is 478 g/mol. The number of anilines is 1. The summed E-state index contributed by atoms with van der Waals surface area (Å²) < 4.78 is 33.7. The SMILES string of the molecule is CCn1ncc2c(NC3CCOCC3)c(C(=O)NC3CCN(S(=O)(=O)C(C)C)CC3)cnc21. The average molecular weight is 479 g/mol. The molecule has 0 aliphatic carbocycles. The van der Waals surface area contributed by atoms with E-state index >= 15 is 0 Å². The molecule has 4 rings (SSSR count). The van der Waals surface area contributed by atoms with Gasteiger partial charge in [0.15, 0.2) is 5.65 Å². The normalized spacial score (nSPS) is 19.3. The number of rotatable bonds is 7. The first-order valence-electron chi connectivity index (χ1n) is 11.8. The standard InChI is InChI=1S/C22H34N6O4S/c1-4-28-21-18(14-24-28)20(25-17-7-11-32-12-8-17)19(13-23-21)22(29)26-16-5-9-27(10-6-16)33(30,31)15(2)3/h13-17H,4-12H2,1-3H3,(H,23,25)(H,26,29). The van der Waals surface area contributed by atoms with E-state index in [1.165, 1.54) is 4.31 Å². The number of pyridine rings is 1. The van der Waals surface area contributed by atoms with Gasteiger partial charge in [-0.25, -0.2) is 22.4 Å². The molecule has 2 fully saturated rings. The zero-order valence-electron chi connectivity index (χ0n) is 19.6. The van der Waals surface area contributed by atoms with Crippen molar-refractivity contribution < 1.29 is 17.9 Å². The van der Waals surface area contributed by atoms with Crippen LogP contribution in [-0.2, 0) is 21.3 Å². The number of aromatic nitrogens is 3. The number of nitrogens with one attached hydrogen (secondary N) is 2. The van der Waals surface area contributed by atoms with Gasteiger partial charge >= 0.3 is 0 Å². The first kappa shape index (κ1) is 23.9. The van der Waals surface area contributed by atoms with Crippen molar-refractivity contribution in [1.29, 1.82) is 0 Å². The summed E-state index contributed by atoms with van der Waals surface area (Å²) in [5, 5.41) is 11.5. The molecule has 0 saturated carbocycles. The highest BCUT2D eigenvalue weighted by atomic mass is 32.2. The summed E-state index contributed by atoms with van der Waals surface area (Å²) in [4.78, 5) is 17.8. The minimum Gasteiger partial charge on any atom is -0.381 e. The maximum Gasteiger partial charge on any atom is 0.255 e. The summed E-state index contributed by atoms with van der Waals surface area (Å²) in [5.74, 6) is -0.201. The lowest BCUT2D eigenvalue weighted by molar-refractivity contribution is 0.0902. The van der Waals surface area contributed by atoms with Gasteiger partial charge in [0.2, 0.25) is 10.0 Å². The number of amides is 1. The van der Waals surface area contributed by atoms with Crippen LogP contribution in [0.5, 0.6) is 0 Å². The number of carbonyl (C=O) groups is 1. The summed E-state index contributed by atoms with van der Waals surface area (Å²) in [6.07, 6.45) is 6.30. The molecular formula is C22H34N6O4S. The van der Waals surface area contributed by atoms with E-state index in [0.717, 1.165) is 29.6 Å². The van der Waals surface area contributed by atoms with Gasteiger partial charge < -0.3 is 15.4 Å². The Hall–Kier alpha value is -2.24. The summed E-state index contributed by atoms with van der Waals surface area (Å²) in [7, 11) is -3.27. The summed E-state index contributed by atoms with van der Waals surface area (Å²) in [6.45, 7) is 8.31. The van der Waals surface area contributed by atoms with Crippen molar-refractivity contribution in [1.82, 2.24) is 24.4 Å². The predicted molar refractivity (Wildman–Crippen MR) is 127 cm³/mol. The number of piperidine rings is 1. The minimum atomic E-state index is -3.27. The largest absolute Gasteiger partial charge is 0.381 e. The highest BCUT2D eigenvalue weighted by molar-refractivity contribution is 7.89. The van der Waals surface area contributed by atoms with Gasteiger partial charge in [0, 0.05) is 51.1 Å². The molecule has 182 valence electrons. The van der Waals surface area contributed by atoms with Gasteiger partial charge in [-0.3, -0.25) is 4.79 Å². The van der Waals surface area contributed by atoms with Crippen molar-refractivity contribution in [3.8, 4) is 0 Å². The number of fused-ring (bicyclic) bond motifs is 1. The Morgan fingerprint density at radius 1 is 1.15 bits per heavy atom. The fourth-order valence-corrected chi connectivity index (χ4v) is 5.76. The van der Waals surface area contributed by atoms with Crippen molar-refractivity contribution in [2.75, 3.05) is 31.6 Å². The van der Waals surface area contributed by atoms with E-state index in [4.69, 9.17) is 4.74 Å². The van der Waals surface area contributed by atoms with E-state index in [0.29, 0.717) is 51.3 Å². The lowest BCUT2D eigenvalue weighted by atomic mass is 10.0. The second-order valence-electron chi connectivity index (χ2n) is 9.02. The molecule has 2 aromatic rings. The van der Waals surface area contributed by atoms with Crippen LogP contribution in [0.2, 0.25) is 0 Å². The molecule has 0 radical (unpaired) electrons. The van der Waals surface area contributed by atoms with Gasteiger partial charge in [-0.15, -0.1) is 0 Å². The fraction of sp³-hybridized carbons (Fsp3) is 0.682. The third kappa shape index (κ3) is 4.99. The highest BCUT2D eigenvalue weighted by Crippen LogP contribution is 2.29. The molecular weight excluding hydrogens is 444 g/mol. The summed E-state index contributed by atoms with van der Waals surface area (Å²) >= 11 is 0. The van der Waals surface area contributed by atoms with E-state index in [-0.39, 0.29) is 18.0 Å². The van der Waals surface area contributed by atoms with Crippen LogP contribution < -0.4 is 10.6 Å². The number of aryl methyl sites for hydroxylation is 1. The van der Waals surface area contributed by atoms with Crippen LogP contribution in [0.4, 0.5) is 5.69 Å². The molecule has 2 aliphatic rings. The molecule has 11 heteroatoms. The van der Waals surface area contributed by atoms with E-state index in [2.05, 4.69) is 20.7 Å². The van der Waals surface area contributed by atoms with Gasteiger partial charge in [-0.1, -0.05) is 0 Å². The molecule has 0 atom stereocenters. The molecule has 2 saturated heterocycles. The maximum absolute atomic E-state index is 13.3. The molecule has 33 heavy (non-hydrogen) atoms. The molecule has 0 bridgehead atoms. The average Bonchev–Trinajstić information content (AvgIpc) is 3.24. The Balaban J connectivity index is 1.52. The summed E-state index contributed by atoms with van der Waals surface area (Å²) in [6, 6.07) is 0.131. The van der Waals surface area contributed by atoms with E-state index in [1.54, 1.807) is 26.2 Å². The summed E-state index contributed by atoms with van der Waals surface area (Å²) in [5.41, 5.74) is 1.99. The number of ether oxygens (including phenoxy) is 1. The van der Waals surface area contributed by atoms with Crippen LogP contribution in [0.15, 0.2) is 12.4 Å². The Morgan fingerprint density at radius 2 is 1.85 bits per heavy atom. The van der Waals surface area contributed by atoms with Crippen LogP contribution in [-0.4, -0.2) is 77.0 Å². The van der Waals surface area contributed by atoms with Gasteiger partial charge in [0.05, 0.1) is 28.1 Å². The molecule has 0 spiro atoms. The quantitative estimate of drug-likeness (QED) is 0.625. The van der Waals surface area contributed by atoms with E-state index in [1.807, 2.05) is 11.6 Å². The number of carbonyl (C=O) groups excluding carboxylic acids is 1. The van der Waals surface area contributed by atoms with Crippen LogP contribution in [0.25, 0.3) is 11.0 Å². The Morgan fingerprint density at radius 3 is 2.48 bits per heavy atom. The highest BCUT2D eigenvalue weighted by Gasteiger charge is 2.31. The van der Waals surface area contributed by atoms with Crippen LogP contribution in [0.1, 0.15) is 56.8 Å². The zero-order valence-corrected chi connectivity index (χ0v) is 20.4. The Kier molecular flexibility index (Phi) is 7.20. The van der Waals surface area contributed by atoms with Gasteiger partial charge in [-0.05, 0) is 46.5 Å². The van der Waals surface area contributed by atoms with Crippen molar-refractivity contribution in [3.05, 3.63) is 18.0 Å². The van der Waals surface area contributed by atoms with Crippen LogP contribution in [0, 0.1) is 0 Å². The van der Waals surface area contributed by atoms with E-state index < -0.39 is 15.3 Å². The first-order valence-corrected chi connectivity index (χ1v) is 13.3. The van der Waals surface area contributed by atoms with Crippen LogP contribution >= 0.6 is 0 Å². The third-order valence-corrected chi connectivity index (χ3v) is 8.80. The maximum atomic E-state index is 13.3. The predicted octanol–water partition coefficient (Wildman–Crippen LogP) is 1.97. The molecule has 4 heterocycles. The molecule has 2 aromatic heterocycles. The molecule has 0 unspecified atom stereocenters. The van der Waals surface area contributed by atoms with E-state index in [9.17, 15) is 13.2 Å². The van der Waals surface area contributed by atoms with Crippen molar-refractivity contribution >= 4 is 32.7 Å². The molecule has 10 nitrogen and oxygen atoms in total. The fourth-order valence-electron chi connectivity index (χ4n) is 4.45. The first-order chi connectivity index (χ1) is 15.8. The Bertz CT molecular complexity index is 1090. The Labute approximate surface area is 195 Å². The molecule has 1 amide bonds. The molecule has 0 aromatic carbocycles. The number of nitrogens with zero attached hydrogens (tertiary/aromatic N) is 4. The smallest absolute Gasteiger partial charge is 0.255 e. The lowest BCUT2D eigenvalue weighted by Crippen LogP contribution is -2.48. The van der Waals surface area contributed by atoms with Crippen molar-refractivity contribution in [2.24, 2.45) is 0 Å². The third-order valence-electron chi connectivity index (χ3n) is 6.52. The number of hydrogen-bond acceptors (Lipinski definition) is 7. The van der Waals surface area contributed by atoms with Crippen LogP contribution in [0.3, 0.4) is 0 Å². The zero-order chi connectivity index (χ0) is 23.6. The van der Waals surface area contributed by atoms with Gasteiger partial charge in [0.25, 0.3) is 5.91 Å². The second kappa shape index (κ2) is 9.94. The second-order valence-corrected chi connectivity index (χ2v) is 11.5. The number of hydrogen-bond donors (Lipinski definition) is 2. The lowest BCUT2D eigenvalue weighted by Gasteiger charge is -2.33. The minimum absolute atomic E-state index is 0.0823.